The predicted molar refractivity (Wildman–Crippen MR) is 128 cm³/mol. The highest BCUT2D eigenvalue weighted by Crippen LogP contribution is 2.17. The molecule has 9 nitrogen and oxygen atoms in total. The molecule has 9 heteroatoms. The van der Waals surface area contributed by atoms with Crippen LogP contribution in [-0.4, -0.2) is 32.1 Å². The third kappa shape index (κ3) is 9.72. The van der Waals surface area contributed by atoms with Gasteiger partial charge in [-0.2, -0.15) is 0 Å². The summed E-state index contributed by atoms with van der Waals surface area (Å²) in [6.45, 7) is 19.5. The third-order valence-electron chi connectivity index (χ3n) is 3.66. The summed E-state index contributed by atoms with van der Waals surface area (Å²) in [7, 11) is 0. The van der Waals surface area contributed by atoms with Crippen LogP contribution < -0.4 is 10.9 Å². The second-order valence-corrected chi connectivity index (χ2v) is 8.23. The molecular weight excluding hydrogens is 412 g/mol. The number of allylic oxidation sites excluding steroid dienone is 4. The summed E-state index contributed by atoms with van der Waals surface area (Å²) in [5.74, 6) is -0.437. The van der Waals surface area contributed by atoms with Crippen molar-refractivity contribution in [3.8, 4) is 0 Å². The van der Waals surface area contributed by atoms with Crippen LogP contribution in [0.25, 0.3) is 5.57 Å². The molecule has 0 aliphatic carbocycles. The van der Waals surface area contributed by atoms with Gasteiger partial charge in [-0.1, -0.05) is 19.9 Å². The molecule has 32 heavy (non-hydrogen) atoms. The molecule has 1 aromatic rings. The number of hydrogen-bond donors (Lipinski definition) is 1. The number of aromatic nitrogens is 2. The number of nitrogens with one attached hydrogen (secondary N) is 1. The number of esters is 1. The molecule has 0 fully saturated rings. The summed E-state index contributed by atoms with van der Waals surface area (Å²) < 4.78 is 6.64. The first kappa shape index (κ1) is 28.8. The molecule has 178 valence electrons. The number of ether oxygens (including phenoxy) is 1. The molecular formula is C23H36N4O5. The molecule has 0 aromatic carbocycles. The van der Waals surface area contributed by atoms with Gasteiger partial charge in [-0.25, -0.2) is 4.98 Å². The topological polar surface area (TPSA) is 116 Å². The van der Waals surface area contributed by atoms with Crippen molar-refractivity contribution in [2.75, 3.05) is 5.32 Å². The maximum Gasteiger partial charge on any atom is 0.326 e. The zero-order valence-corrected chi connectivity index (χ0v) is 20.6. The highest BCUT2D eigenvalue weighted by atomic mass is 16.6. The first-order valence-corrected chi connectivity index (χ1v) is 10.5. The normalized spacial score (nSPS) is 12.1. The van der Waals surface area contributed by atoms with Crippen molar-refractivity contribution in [1.82, 2.24) is 9.55 Å². The standard InChI is InChI=1S/C21H30N4O5.C2H6/c1-13(2)23-19-20(27)24(12-18(26)30-21(6,7)8)17(11-22-19)15(4)9-14(3)10-16(5)25(28)29;1-2/h9-11,13H,5,12H2,1-4,6-8H3,(H,22,23);1-2H3/b14-10-,15-9+;. The van der Waals surface area contributed by atoms with Gasteiger partial charge in [-0.3, -0.25) is 24.3 Å². The fraction of sp³-hybridized carbons (Fsp3) is 0.522. The van der Waals surface area contributed by atoms with E-state index in [4.69, 9.17) is 4.74 Å². The van der Waals surface area contributed by atoms with E-state index in [1.54, 1.807) is 40.7 Å². The first-order valence-electron chi connectivity index (χ1n) is 10.5. The van der Waals surface area contributed by atoms with Gasteiger partial charge in [0.25, 0.3) is 11.3 Å². The maximum atomic E-state index is 13.0. The molecule has 0 spiro atoms. The van der Waals surface area contributed by atoms with Crippen molar-refractivity contribution in [3.63, 3.8) is 0 Å². The minimum absolute atomic E-state index is 0.0269. The van der Waals surface area contributed by atoms with Crippen molar-refractivity contribution in [2.45, 2.75) is 80.5 Å². The Balaban J connectivity index is 0.00000466. The average Bonchev–Trinajstić information content (AvgIpc) is 2.64. The van der Waals surface area contributed by atoms with Gasteiger partial charge in [0.15, 0.2) is 5.82 Å². The van der Waals surface area contributed by atoms with E-state index in [1.807, 2.05) is 27.7 Å². The van der Waals surface area contributed by atoms with E-state index < -0.39 is 22.1 Å². The Kier molecular flexibility index (Phi) is 11.3. The van der Waals surface area contributed by atoms with E-state index in [2.05, 4.69) is 16.9 Å². The predicted octanol–water partition coefficient (Wildman–Crippen LogP) is 4.57. The Morgan fingerprint density at radius 2 is 1.88 bits per heavy atom. The highest BCUT2D eigenvalue weighted by Gasteiger charge is 2.20. The van der Waals surface area contributed by atoms with Crippen LogP contribution in [0.5, 0.6) is 0 Å². The molecule has 0 atom stereocenters. The smallest absolute Gasteiger partial charge is 0.326 e. The number of hydrogen-bond acceptors (Lipinski definition) is 7. The largest absolute Gasteiger partial charge is 0.459 e. The second-order valence-electron chi connectivity index (χ2n) is 8.23. The van der Waals surface area contributed by atoms with Gasteiger partial charge in [-0.05, 0) is 66.2 Å². The Bertz CT molecular complexity index is 950. The summed E-state index contributed by atoms with van der Waals surface area (Å²) >= 11 is 0. The van der Waals surface area contributed by atoms with Crippen molar-refractivity contribution in [3.05, 3.63) is 62.4 Å². The number of rotatable bonds is 8. The molecule has 0 unspecified atom stereocenters. The van der Waals surface area contributed by atoms with Crippen LogP contribution in [0, 0.1) is 10.1 Å². The molecule has 1 heterocycles. The van der Waals surface area contributed by atoms with Gasteiger partial charge in [0.1, 0.15) is 12.1 Å². The lowest BCUT2D eigenvalue weighted by molar-refractivity contribution is -0.418. The molecule has 1 rings (SSSR count). The van der Waals surface area contributed by atoms with Crippen LogP contribution in [0.15, 0.2) is 41.0 Å². The van der Waals surface area contributed by atoms with Crippen molar-refractivity contribution >= 4 is 17.4 Å². The highest BCUT2D eigenvalue weighted by molar-refractivity contribution is 5.71. The molecule has 1 aromatic heterocycles. The van der Waals surface area contributed by atoms with Crippen LogP contribution in [0.2, 0.25) is 0 Å². The molecule has 1 N–H and O–H groups in total. The second kappa shape index (κ2) is 12.6. The lowest BCUT2D eigenvalue weighted by Gasteiger charge is -2.21. The molecule has 0 aliphatic rings. The Morgan fingerprint density at radius 1 is 1.31 bits per heavy atom. The summed E-state index contributed by atoms with van der Waals surface area (Å²) in [5, 5.41) is 13.7. The Morgan fingerprint density at radius 3 is 2.34 bits per heavy atom. The van der Waals surface area contributed by atoms with E-state index >= 15 is 0 Å². The van der Waals surface area contributed by atoms with Gasteiger partial charge < -0.3 is 10.1 Å². The van der Waals surface area contributed by atoms with Crippen molar-refractivity contribution in [2.24, 2.45) is 0 Å². The quantitative estimate of drug-likeness (QED) is 0.268. The summed E-state index contributed by atoms with van der Waals surface area (Å²) in [4.78, 5) is 39.7. The van der Waals surface area contributed by atoms with Gasteiger partial charge >= 0.3 is 5.97 Å². The fourth-order valence-corrected chi connectivity index (χ4v) is 2.61. The minimum Gasteiger partial charge on any atom is -0.459 e. The number of carbonyl (C=O) groups excluding carboxylic acids is 1. The SMILES string of the molecule is C=C(/C=C(C)\C=C(/C)c1cnc(NC(C)C)c(=O)n1CC(=O)OC(C)(C)C)[N+](=O)[O-].CC. The van der Waals surface area contributed by atoms with Gasteiger partial charge in [0, 0.05) is 12.1 Å². The molecule has 0 saturated carbocycles. The monoisotopic (exact) mass is 448 g/mol. The van der Waals surface area contributed by atoms with Crippen LogP contribution >= 0.6 is 0 Å². The zero-order chi connectivity index (χ0) is 25.2. The van der Waals surface area contributed by atoms with Gasteiger partial charge in [0.05, 0.1) is 16.8 Å². The fourth-order valence-electron chi connectivity index (χ4n) is 2.61. The molecule has 0 saturated heterocycles. The maximum absolute atomic E-state index is 13.0. The summed E-state index contributed by atoms with van der Waals surface area (Å²) in [6, 6.07) is -0.0269. The Hall–Kier alpha value is -3.23. The van der Waals surface area contributed by atoms with E-state index in [1.165, 1.54) is 16.8 Å². The van der Waals surface area contributed by atoms with E-state index in [0.29, 0.717) is 16.8 Å². The Labute approximate surface area is 190 Å². The van der Waals surface area contributed by atoms with Crippen molar-refractivity contribution in [1.29, 1.82) is 0 Å². The van der Waals surface area contributed by atoms with E-state index in [9.17, 15) is 19.7 Å². The molecule has 0 aliphatic heterocycles. The number of nitro groups is 1. The first-order chi connectivity index (χ1) is 14.7. The van der Waals surface area contributed by atoms with E-state index in [-0.39, 0.29) is 24.1 Å². The lowest BCUT2D eigenvalue weighted by Crippen LogP contribution is -2.34. The number of anilines is 1. The number of nitrogens with zero attached hydrogens (tertiary/aromatic N) is 3. The lowest BCUT2D eigenvalue weighted by atomic mass is 10.1. The summed E-state index contributed by atoms with van der Waals surface area (Å²) in [6.07, 6.45) is 4.46. The summed E-state index contributed by atoms with van der Waals surface area (Å²) in [5.41, 5.74) is 0.159. The van der Waals surface area contributed by atoms with Crippen LogP contribution in [0.4, 0.5) is 5.82 Å². The third-order valence-corrected chi connectivity index (χ3v) is 3.66. The molecule has 0 amide bonds. The van der Waals surface area contributed by atoms with Crippen LogP contribution in [-0.2, 0) is 16.1 Å². The average molecular weight is 449 g/mol. The molecule has 0 bridgehead atoms. The van der Waals surface area contributed by atoms with Gasteiger partial charge in [0.2, 0.25) is 0 Å². The van der Waals surface area contributed by atoms with Crippen molar-refractivity contribution < 1.29 is 14.5 Å². The van der Waals surface area contributed by atoms with Crippen LogP contribution in [0.3, 0.4) is 0 Å². The van der Waals surface area contributed by atoms with Crippen LogP contribution in [0.1, 0.15) is 68.0 Å². The van der Waals surface area contributed by atoms with E-state index in [0.717, 1.165) is 0 Å². The number of carbonyl (C=O) groups is 1. The zero-order valence-electron chi connectivity index (χ0n) is 20.6. The van der Waals surface area contributed by atoms with Gasteiger partial charge in [-0.15, -0.1) is 0 Å². The minimum atomic E-state index is -0.694. The molecule has 0 radical (unpaired) electrons.